The first-order chi connectivity index (χ1) is 15.2. The smallest absolute Gasteiger partial charge is 0.223 e. The Bertz CT molecular complexity index is 1150. The molecule has 6 heteroatoms. The number of nitrogens with zero attached hydrogens (tertiary/aromatic N) is 2. The average Bonchev–Trinajstić information content (AvgIpc) is 3.30. The first kappa shape index (κ1) is 20.3. The number of ether oxygens (including phenoxy) is 1. The number of H-pyrrole nitrogens is 1. The maximum atomic E-state index is 12.2. The van der Waals surface area contributed by atoms with E-state index in [1.54, 1.807) is 12.4 Å². The second kappa shape index (κ2) is 9.71. The summed E-state index contributed by atoms with van der Waals surface area (Å²) in [6.45, 7) is 2.79. The molecule has 0 radical (unpaired) electrons. The number of para-hydroxylation sites is 1. The number of nitrogens with one attached hydrogen (secondary N) is 2. The third-order valence-corrected chi connectivity index (χ3v) is 5.02. The molecule has 0 aliphatic rings. The number of pyridine rings is 1. The van der Waals surface area contributed by atoms with E-state index in [2.05, 4.69) is 26.6 Å². The SMILES string of the molecule is Cc1ccccc1OCCC(=O)NCc1cccc(-c2[nH]ncc2-c2ccncc2)c1. The van der Waals surface area contributed by atoms with Crippen LogP contribution < -0.4 is 10.1 Å². The molecule has 2 N–H and O–H groups in total. The van der Waals surface area contributed by atoms with Crippen molar-refractivity contribution in [2.45, 2.75) is 19.9 Å². The maximum absolute atomic E-state index is 12.2. The van der Waals surface area contributed by atoms with Crippen molar-refractivity contribution in [1.29, 1.82) is 0 Å². The van der Waals surface area contributed by atoms with Gasteiger partial charge in [-0.3, -0.25) is 14.9 Å². The highest BCUT2D eigenvalue weighted by Gasteiger charge is 2.11. The van der Waals surface area contributed by atoms with E-state index in [4.69, 9.17) is 4.74 Å². The van der Waals surface area contributed by atoms with Crippen LogP contribution in [0, 0.1) is 6.92 Å². The molecular formula is C25H24N4O2. The van der Waals surface area contributed by atoms with Gasteiger partial charge in [-0.25, -0.2) is 0 Å². The second-order valence-electron chi connectivity index (χ2n) is 7.24. The van der Waals surface area contributed by atoms with Crippen LogP contribution in [0.5, 0.6) is 5.75 Å². The number of amides is 1. The Labute approximate surface area is 181 Å². The normalized spacial score (nSPS) is 10.6. The molecule has 156 valence electrons. The van der Waals surface area contributed by atoms with Crippen LogP contribution in [0.25, 0.3) is 22.4 Å². The number of hydrogen-bond donors (Lipinski definition) is 2. The second-order valence-corrected chi connectivity index (χ2v) is 7.24. The first-order valence-corrected chi connectivity index (χ1v) is 10.2. The standard InChI is InChI=1S/C25H24N4O2/c1-18-5-2-3-8-23(18)31-14-11-24(30)27-16-19-6-4-7-21(15-19)25-22(17-28-29-25)20-9-12-26-13-10-20/h2-10,12-13,15,17H,11,14,16H2,1H3,(H,27,30)(H,28,29). The van der Waals surface area contributed by atoms with Crippen molar-refractivity contribution in [2.75, 3.05) is 6.61 Å². The molecule has 31 heavy (non-hydrogen) atoms. The fourth-order valence-corrected chi connectivity index (χ4v) is 3.35. The summed E-state index contributed by atoms with van der Waals surface area (Å²) in [5, 5.41) is 10.3. The minimum atomic E-state index is -0.0435. The lowest BCUT2D eigenvalue weighted by Gasteiger charge is -2.10. The highest BCUT2D eigenvalue weighted by Crippen LogP contribution is 2.30. The Kier molecular flexibility index (Phi) is 6.38. The number of benzene rings is 2. The molecule has 0 bridgehead atoms. The number of aromatic nitrogens is 3. The summed E-state index contributed by atoms with van der Waals surface area (Å²) in [6.07, 6.45) is 5.65. The molecule has 4 aromatic rings. The molecule has 1 amide bonds. The maximum Gasteiger partial charge on any atom is 0.223 e. The van der Waals surface area contributed by atoms with Crippen molar-refractivity contribution in [1.82, 2.24) is 20.5 Å². The third kappa shape index (κ3) is 5.17. The Morgan fingerprint density at radius 1 is 1.03 bits per heavy atom. The van der Waals surface area contributed by atoms with Crippen LogP contribution in [0.15, 0.2) is 79.3 Å². The molecule has 2 aromatic heterocycles. The van der Waals surface area contributed by atoms with Crippen LogP contribution in [-0.2, 0) is 11.3 Å². The minimum absolute atomic E-state index is 0.0435. The predicted molar refractivity (Wildman–Crippen MR) is 120 cm³/mol. The van der Waals surface area contributed by atoms with Gasteiger partial charge in [-0.1, -0.05) is 36.4 Å². The van der Waals surface area contributed by atoms with Gasteiger partial charge in [0.25, 0.3) is 0 Å². The number of rotatable bonds is 8. The Balaban J connectivity index is 1.35. The number of aryl methyl sites for hydroxylation is 1. The lowest BCUT2D eigenvalue weighted by Crippen LogP contribution is -2.24. The number of carbonyl (C=O) groups excluding carboxylic acids is 1. The van der Waals surface area contributed by atoms with Crippen LogP contribution in [0.4, 0.5) is 0 Å². The van der Waals surface area contributed by atoms with Gasteiger partial charge in [0.2, 0.25) is 5.91 Å². The Hall–Kier alpha value is -3.93. The largest absolute Gasteiger partial charge is 0.493 e. The van der Waals surface area contributed by atoms with Gasteiger partial charge in [0.1, 0.15) is 5.75 Å². The van der Waals surface area contributed by atoms with E-state index in [9.17, 15) is 4.79 Å². The van der Waals surface area contributed by atoms with Crippen molar-refractivity contribution < 1.29 is 9.53 Å². The van der Waals surface area contributed by atoms with Crippen LogP contribution >= 0.6 is 0 Å². The van der Waals surface area contributed by atoms with E-state index in [1.807, 2.05) is 67.7 Å². The summed E-state index contributed by atoms with van der Waals surface area (Å²) >= 11 is 0. The van der Waals surface area contributed by atoms with E-state index in [-0.39, 0.29) is 5.91 Å². The zero-order chi connectivity index (χ0) is 21.5. The summed E-state index contributed by atoms with van der Waals surface area (Å²) in [4.78, 5) is 16.3. The molecule has 6 nitrogen and oxygen atoms in total. The predicted octanol–water partition coefficient (Wildman–Crippen LogP) is 4.53. The molecule has 2 heterocycles. The van der Waals surface area contributed by atoms with E-state index in [0.717, 1.165) is 39.3 Å². The van der Waals surface area contributed by atoms with Gasteiger partial charge in [0.05, 0.1) is 24.9 Å². The van der Waals surface area contributed by atoms with Crippen LogP contribution in [0.1, 0.15) is 17.5 Å². The molecule has 4 rings (SSSR count). The van der Waals surface area contributed by atoms with Crippen molar-refractivity contribution in [3.63, 3.8) is 0 Å². The lowest BCUT2D eigenvalue weighted by molar-refractivity contribution is -0.121. The molecule has 0 aliphatic heterocycles. The number of hydrogen-bond acceptors (Lipinski definition) is 4. The summed E-state index contributed by atoms with van der Waals surface area (Å²) in [5.74, 6) is 0.769. The van der Waals surface area contributed by atoms with Gasteiger partial charge in [0, 0.05) is 30.1 Å². The molecule has 0 saturated carbocycles. The third-order valence-electron chi connectivity index (χ3n) is 5.02. The van der Waals surface area contributed by atoms with Gasteiger partial charge in [-0.2, -0.15) is 5.10 Å². The topological polar surface area (TPSA) is 79.9 Å². The highest BCUT2D eigenvalue weighted by atomic mass is 16.5. The van der Waals surface area contributed by atoms with Crippen molar-refractivity contribution in [2.24, 2.45) is 0 Å². The highest BCUT2D eigenvalue weighted by molar-refractivity contribution is 5.80. The van der Waals surface area contributed by atoms with E-state index in [1.165, 1.54) is 0 Å². The molecule has 0 fully saturated rings. The Morgan fingerprint density at radius 2 is 1.87 bits per heavy atom. The summed E-state index contributed by atoms with van der Waals surface area (Å²) < 4.78 is 5.71. The van der Waals surface area contributed by atoms with E-state index in [0.29, 0.717) is 19.6 Å². The van der Waals surface area contributed by atoms with Crippen LogP contribution in [0.3, 0.4) is 0 Å². The van der Waals surface area contributed by atoms with Crippen LogP contribution in [0.2, 0.25) is 0 Å². The quantitative estimate of drug-likeness (QED) is 0.446. The monoisotopic (exact) mass is 412 g/mol. The van der Waals surface area contributed by atoms with Crippen LogP contribution in [-0.4, -0.2) is 27.7 Å². The van der Waals surface area contributed by atoms with Crippen molar-refractivity contribution >= 4 is 5.91 Å². The van der Waals surface area contributed by atoms with Gasteiger partial charge < -0.3 is 10.1 Å². The zero-order valence-electron chi connectivity index (χ0n) is 17.3. The molecule has 0 unspecified atom stereocenters. The van der Waals surface area contributed by atoms with Gasteiger partial charge in [-0.15, -0.1) is 0 Å². The van der Waals surface area contributed by atoms with E-state index >= 15 is 0 Å². The van der Waals surface area contributed by atoms with Crippen molar-refractivity contribution in [3.05, 3.63) is 90.4 Å². The van der Waals surface area contributed by atoms with E-state index < -0.39 is 0 Å². The minimum Gasteiger partial charge on any atom is -0.493 e. The molecule has 0 spiro atoms. The summed E-state index contributed by atoms with van der Waals surface area (Å²) in [5.41, 5.74) is 6.08. The molecule has 0 atom stereocenters. The fourth-order valence-electron chi connectivity index (χ4n) is 3.35. The summed E-state index contributed by atoms with van der Waals surface area (Å²) in [6, 6.07) is 19.8. The first-order valence-electron chi connectivity index (χ1n) is 10.2. The zero-order valence-corrected chi connectivity index (χ0v) is 17.3. The molecule has 0 saturated heterocycles. The fraction of sp³-hybridized carbons (Fsp3) is 0.160. The average molecular weight is 412 g/mol. The van der Waals surface area contributed by atoms with Gasteiger partial charge in [0.15, 0.2) is 0 Å². The van der Waals surface area contributed by atoms with Crippen molar-refractivity contribution in [3.8, 4) is 28.1 Å². The molecular weight excluding hydrogens is 388 g/mol. The Morgan fingerprint density at radius 3 is 2.71 bits per heavy atom. The number of aromatic amines is 1. The van der Waals surface area contributed by atoms with Gasteiger partial charge in [-0.05, 0) is 47.9 Å². The lowest BCUT2D eigenvalue weighted by atomic mass is 10.0. The van der Waals surface area contributed by atoms with Gasteiger partial charge >= 0.3 is 0 Å². The number of carbonyl (C=O) groups is 1. The molecule has 0 aliphatic carbocycles. The summed E-state index contributed by atoms with van der Waals surface area (Å²) in [7, 11) is 0. The molecule has 2 aromatic carbocycles.